The number of nitrogens with zero attached hydrogens (tertiary/aromatic N) is 5. The van der Waals surface area contributed by atoms with Crippen LogP contribution in [0.25, 0.3) is 0 Å². The Morgan fingerprint density at radius 3 is 2.33 bits per heavy atom. The zero-order valence-corrected chi connectivity index (χ0v) is 27.3. The van der Waals surface area contributed by atoms with Crippen LogP contribution in [-0.2, 0) is 14.4 Å². The van der Waals surface area contributed by atoms with Crippen LogP contribution in [0, 0.1) is 11.6 Å². The summed E-state index contributed by atoms with van der Waals surface area (Å²) in [5.41, 5.74) is 10.9. The zero-order valence-electron chi connectivity index (χ0n) is 27.3. The van der Waals surface area contributed by atoms with Crippen LogP contribution in [0.2, 0.25) is 0 Å². The number of piperidine rings is 1. The number of hydrogen-bond donors (Lipinski definition) is 4. The summed E-state index contributed by atoms with van der Waals surface area (Å²) in [6.45, 7) is 10.2. The van der Waals surface area contributed by atoms with Crippen molar-refractivity contribution in [2.45, 2.75) is 38.3 Å². The van der Waals surface area contributed by atoms with E-state index in [4.69, 9.17) is 21.2 Å². The van der Waals surface area contributed by atoms with Gasteiger partial charge in [0, 0.05) is 76.9 Å². The Kier molecular flexibility index (Phi) is 11.1. The number of piperazine rings is 1. The van der Waals surface area contributed by atoms with Crippen molar-refractivity contribution in [3.05, 3.63) is 72.1 Å². The lowest BCUT2D eigenvalue weighted by Gasteiger charge is -2.43. The van der Waals surface area contributed by atoms with E-state index in [1.807, 2.05) is 11.0 Å². The Balaban J connectivity index is 1.37. The third-order valence-corrected chi connectivity index (χ3v) is 8.92. The Labute approximate surface area is 278 Å². The first-order valence-corrected chi connectivity index (χ1v) is 15.9. The smallest absolute Gasteiger partial charge is 0.247 e. The number of rotatable bonds is 10. The van der Waals surface area contributed by atoms with Crippen molar-refractivity contribution in [2.24, 2.45) is 16.6 Å². The number of aliphatic imine (C=N–C) groups is 1. The number of nitrogens with two attached hydrogens (primary N) is 2. The molecule has 2 aromatic carbocycles. The normalized spacial score (nSPS) is 19.8. The van der Waals surface area contributed by atoms with Gasteiger partial charge in [0.1, 0.15) is 34.7 Å². The van der Waals surface area contributed by atoms with Gasteiger partial charge in [-0.1, -0.05) is 6.58 Å². The fourth-order valence-corrected chi connectivity index (χ4v) is 6.49. The maximum atomic E-state index is 14.0. The fourth-order valence-electron chi connectivity index (χ4n) is 6.49. The van der Waals surface area contributed by atoms with Crippen LogP contribution in [0.3, 0.4) is 0 Å². The molecule has 2 amide bonds. The second kappa shape index (κ2) is 15.4. The summed E-state index contributed by atoms with van der Waals surface area (Å²) in [6, 6.07) is 6.67. The molecular formula is C33H43F2N9O4. The van der Waals surface area contributed by atoms with E-state index in [0.29, 0.717) is 35.2 Å². The van der Waals surface area contributed by atoms with Crippen molar-refractivity contribution in [1.82, 2.24) is 20.3 Å². The van der Waals surface area contributed by atoms with E-state index in [1.165, 1.54) is 36.5 Å². The Morgan fingerprint density at radius 2 is 1.73 bits per heavy atom. The predicted molar refractivity (Wildman–Crippen MR) is 179 cm³/mol. The third kappa shape index (κ3) is 8.03. The molecule has 5 rings (SSSR count). The second-order valence-electron chi connectivity index (χ2n) is 11.9. The number of halogens is 2. The van der Waals surface area contributed by atoms with Gasteiger partial charge in [-0.2, -0.15) is 0 Å². The molecule has 3 fully saturated rings. The lowest BCUT2D eigenvalue weighted by Crippen LogP contribution is -2.54. The molecule has 0 unspecified atom stereocenters. The number of benzene rings is 2. The van der Waals surface area contributed by atoms with Crippen molar-refractivity contribution < 1.29 is 27.9 Å². The number of amides is 2. The zero-order chi connectivity index (χ0) is 34.4. The molecule has 48 heavy (non-hydrogen) atoms. The van der Waals surface area contributed by atoms with E-state index in [0.717, 1.165) is 63.9 Å². The molecule has 0 radical (unpaired) electrons. The minimum atomic E-state index is -0.701. The fraction of sp³-hybridized carbons (Fsp3) is 0.424. The maximum Gasteiger partial charge on any atom is 0.247 e. The summed E-state index contributed by atoms with van der Waals surface area (Å²) >= 11 is 0. The highest BCUT2D eigenvalue weighted by molar-refractivity contribution is 6.02. The van der Waals surface area contributed by atoms with Crippen LogP contribution in [0.15, 0.2) is 59.9 Å². The Hall–Kier alpha value is -4.73. The van der Waals surface area contributed by atoms with Crippen LogP contribution in [-0.4, -0.2) is 91.5 Å². The number of anilines is 2. The van der Waals surface area contributed by atoms with Crippen LogP contribution >= 0.6 is 0 Å². The second-order valence-corrected chi connectivity index (χ2v) is 11.9. The van der Waals surface area contributed by atoms with Gasteiger partial charge in [-0.15, -0.1) is 0 Å². The summed E-state index contributed by atoms with van der Waals surface area (Å²) in [5.74, 6) is 4.79. The van der Waals surface area contributed by atoms with Crippen LogP contribution in [0.1, 0.15) is 37.8 Å². The molecule has 0 spiro atoms. The maximum absolute atomic E-state index is 14.0. The first kappa shape index (κ1) is 34.6. The molecule has 15 heteroatoms. The molecule has 2 aromatic rings. The van der Waals surface area contributed by atoms with E-state index in [2.05, 4.69) is 32.1 Å². The van der Waals surface area contributed by atoms with Gasteiger partial charge in [-0.05, 0) is 42.7 Å². The number of nitrogens with one attached hydrogen (secondary N) is 2. The molecule has 6 N–H and O–H groups in total. The Bertz CT molecular complexity index is 1550. The number of hydrogen-bond acceptors (Lipinski definition) is 10. The molecule has 3 heterocycles. The van der Waals surface area contributed by atoms with E-state index in [1.54, 1.807) is 13.0 Å². The van der Waals surface area contributed by atoms with Gasteiger partial charge in [-0.25, -0.2) is 24.7 Å². The molecule has 0 bridgehead atoms. The minimum Gasteiger partial charge on any atom is -0.494 e. The molecule has 258 valence electrons. The van der Waals surface area contributed by atoms with Crippen LogP contribution < -0.4 is 32.0 Å². The largest absolute Gasteiger partial charge is 0.494 e. The van der Waals surface area contributed by atoms with E-state index in [-0.39, 0.29) is 30.1 Å². The van der Waals surface area contributed by atoms with E-state index >= 15 is 0 Å². The monoisotopic (exact) mass is 667 g/mol. The van der Waals surface area contributed by atoms with Crippen LogP contribution in [0.4, 0.5) is 25.8 Å². The number of amidine groups is 1. The number of methoxy groups -OCH3 is 1. The number of carbonyl (C=O) groups excluding carboxylic acids is 2. The number of hydroxylamine groups is 2. The number of ether oxygens (including phenoxy) is 1. The van der Waals surface area contributed by atoms with Gasteiger partial charge >= 0.3 is 0 Å². The van der Waals surface area contributed by atoms with Gasteiger partial charge in [0.05, 0.1) is 31.1 Å². The quantitative estimate of drug-likeness (QED) is 0.0978. The first-order valence-electron chi connectivity index (χ1n) is 15.9. The average Bonchev–Trinajstić information content (AvgIpc) is 3.57. The van der Waals surface area contributed by atoms with Crippen LogP contribution in [0.5, 0.6) is 5.75 Å². The third-order valence-electron chi connectivity index (χ3n) is 8.92. The molecule has 1 atom stereocenters. The standard InChI is InChI=1S/C33H43F2N9O4/c1-4-33(46)39-26-18-27(38-31(36)20-32(40-37)44-28(7-14-48-44)22-15-23(34)17-24(35)16-22)30(47-3)19-29(26)43-8-5-25(6-9-43)42-12-10-41(11-13-42)21(2)45/h4,15-20,25,28,40H,1,5-14,37H2,2-3H3,(H2,36,38)(H,39,46)/b32-20+/t28-/m1/s1. The lowest BCUT2D eigenvalue weighted by molar-refractivity contribution is -0.131. The SMILES string of the molecule is C=CC(=O)Nc1cc(N=C(N)/C=C(\NN)N2OCC[C@@H]2c2cc(F)cc(F)c2)c(OC)cc1N1CCC(N2CCN(C(C)=O)CC2)CC1. The first-order chi connectivity index (χ1) is 23.1. The van der Waals surface area contributed by atoms with Gasteiger partial charge in [-0.3, -0.25) is 19.3 Å². The number of hydrazine groups is 1. The Morgan fingerprint density at radius 1 is 1.04 bits per heavy atom. The van der Waals surface area contributed by atoms with Crippen molar-refractivity contribution in [3.63, 3.8) is 0 Å². The lowest BCUT2D eigenvalue weighted by atomic mass is 10.0. The topological polar surface area (TPSA) is 154 Å². The van der Waals surface area contributed by atoms with Crippen molar-refractivity contribution in [1.29, 1.82) is 0 Å². The highest BCUT2D eigenvalue weighted by Crippen LogP contribution is 2.40. The number of carbonyl (C=O) groups is 2. The summed E-state index contributed by atoms with van der Waals surface area (Å²) in [5, 5.41) is 4.30. The van der Waals surface area contributed by atoms with Gasteiger partial charge in [0.25, 0.3) is 0 Å². The van der Waals surface area contributed by atoms with E-state index < -0.39 is 17.7 Å². The molecule has 0 saturated carbocycles. The predicted octanol–water partition coefficient (Wildman–Crippen LogP) is 2.90. The molecule has 0 aliphatic carbocycles. The molecular weight excluding hydrogens is 624 g/mol. The summed E-state index contributed by atoms with van der Waals surface area (Å²) in [4.78, 5) is 41.1. The van der Waals surface area contributed by atoms with Gasteiger partial charge < -0.3 is 31.0 Å². The summed E-state index contributed by atoms with van der Waals surface area (Å²) < 4.78 is 33.7. The van der Waals surface area contributed by atoms with E-state index in [9.17, 15) is 18.4 Å². The van der Waals surface area contributed by atoms with Crippen molar-refractivity contribution >= 4 is 34.7 Å². The molecule has 3 saturated heterocycles. The summed E-state index contributed by atoms with van der Waals surface area (Å²) in [7, 11) is 1.52. The van der Waals surface area contributed by atoms with Gasteiger partial charge in [0.2, 0.25) is 11.8 Å². The van der Waals surface area contributed by atoms with Crippen molar-refractivity contribution in [3.8, 4) is 5.75 Å². The highest BCUT2D eigenvalue weighted by atomic mass is 19.1. The molecule has 3 aliphatic heterocycles. The minimum absolute atomic E-state index is 0.0142. The van der Waals surface area contributed by atoms with Gasteiger partial charge in [0.15, 0.2) is 0 Å². The average molecular weight is 668 g/mol. The van der Waals surface area contributed by atoms with Crippen molar-refractivity contribution in [2.75, 3.05) is 63.2 Å². The molecule has 13 nitrogen and oxygen atoms in total. The highest BCUT2D eigenvalue weighted by Gasteiger charge is 2.31. The molecule has 0 aromatic heterocycles. The molecule has 3 aliphatic rings. The summed E-state index contributed by atoms with van der Waals surface area (Å²) in [6.07, 6.45) is 4.92.